The van der Waals surface area contributed by atoms with Gasteiger partial charge in [0.05, 0.1) is 5.56 Å². The van der Waals surface area contributed by atoms with E-state index in [9.17, 15) is 0 Å². The van der Waals surface area contributed by atoms with Crippen LogP contribution >= 0.6 is 0 Å². The summed E-state index contributed by atoms with van der Waals surface area (Å²) in [7, 11) is 2.04. The van der Waals surface area contributed by atoms with Crippen molar-refractivity contribution in [2.24, 2.45) is 7.05 Å². The highest BCUT2D eigenvalue weighted by Gasteiger charge is 2.24. The van der Waals surface area contributed by atoms with Gasteiger partial charge in [0.25, 0.3) is 0 Å². The average Bonchev–Trinajstić information content (AvgIpc) is 3.08. The Labute approximate surface area is 165 Å². The Morgan fingerprint density at radius 3 is 2.57 bits per heavy atom. The van der Waals surface area contributed by atoms with Crippen LogP contribution in [-0.4, -0.2) is 4.98 Å². The van der Waals surface area contributed by atoms with E-state index < -0.39 is 5.89 Å². The molecule has 3 nitrogen and oxygen atoms in total. The first kappa shape index (κ1) is 15.8. The van der Waals surface area contributed by atoms with Crippen LogP contribution < -0.4 is 4.57 Å². The Bertz CT molecular complexity index is 1410. The van der Waals surface area contributed by atoms with E-state index in [1.54, 1.807) is 6.20 Å². The Morgan fingerprint density at radius 2 is 1.79 bits per heavy atom. The number of furan rings is 1. The summed E-state index contributed by atoms with van der Waals surface area (Å²) in [4.78, 5) is 4.47. The number of aromatic nitrogens is 2. The minimum Gasteiger partial charge on any atom is -0.437 e. The van der Waals surface area contributed by atoms with Gasteiger partial charge in [-0.1, -0.05) is 38.1 Å². The van der Waals surface area contributed by atoms with E-state index in [0.29, 0.717) is 5.71 Å². The zero-order chi connectivity index (χ0) is 20.3. The van der Waals surface area contributed by atoms with Gasteiger partial charge < -0.3 is 4.42 Å². The molecule has 0 amide bonds. The minimum atomic E-state index is -0.678. The normalized spacial score (nSPS) is 12.8. The van der Waals surface area contributed by atoms with Gasteiger partial charge in [0.15, 0.2) is 11.8 Å². The molecule has 5 rings (SSSR count). The van der Waals surface area contributed by atoms with E-state index in [-0.39, 0.29) is 0 Å². The molecule has 3 heteroatoms. The molecule has 5 aromatic rings. The predicted octanol–water partition coefficient (Wildman–Crippen LogP) is 6.06. The van der Waals surface area contributed by atoms with Gasteiger partial charge in [0.1, 0.15) is 7.05 Å². The molecule has 3 aromatic heterocycles. The molecule has 0 radical (unpaired) electrons. The lowest BCUT2D eigenvalue weighted by Crippen LogP contribution is -2.31. The molecule has 3 heterocycles. The number of benzene rings is 2. The predicted molar refractivity (Wildman–Crippen MR) is 114 cm³/mol. The summed E-state index contributed by atoms with van der Waals surface area (Å²) in [6, 6.07) is 16.6. The monoisotopic (exact) mass is 368 g/mol. The summed E-state index contributed by atoms with van der Waals surface area (Å²) < 4.78 is 16.9. The first-order valence-corrected chi connectivity index (χ1v) is 9.55. The lowest BCUT2D eigenvalue weighted by Gasteiger charge is -2.12. The molecule has 0 unspecified atom stereocenters. The van der Waals surface area contributed by atoms with E-state index >= 15 is 0 Å². The van der Waals surface area contributed by atoms with Gasteiger partial charge in [-0.05, 0) is 46.8 Å². The molecule has 0 bridgehead atoms. The number of aryl methyl sites for hydroxylation is 2. The number of pyridine rings is 2. The maximum atomic E-state index is 8.50. The van der Waals surface area contributed by atoms with Crippen molar-refractivity contribution in [3.05, 3.63) is 72.1 Å². The second-order valence-corrected chi connectivity index (χ2v) is 7.62. The molecule has 0 spiro atoms. The van der Waals surface area contributed by atoms with Crippen LogP contribution in [0.2, 0.25) is 0 Å². The number of hydrogen-bond donors (Lipinski definition) is 0. The minimum absolute atomic E-state index is 0.652. The molecule has 0 atom stereocenters. The molecule has 28 heavy (non-hydrogen) atoms. The summed E-state index contributed by atoms with van der Waals surface area (Å²) in [6.07, 6.45) is 3.80. The lowest BCUT2D eigenvalue weighted by molar-refractivity contribution is -0.660. The largest absolute Gasteiger partial charge is 0.437 e. The topological polar surface area (TPSA) is 29.9 Å². The van der Waals surface area contributed by atoms with E-state index in [1.807, 2.05) is 39.2 Å². The molecule has 0 aliphatic heterocycles. The molecule has 0 N–H and O–H groups in total. The summed E-state index contributed by atoms with van der Waals surface area (Å²) in [5.41, 5.74) is 5.74. The Hall–Kier alpha value is -3.20. The van der Waals surface area contributed by atoms with Gasteiger partial charge in [0.2, 0.25) is 11.4 Å². The second-order valence-electron chi connectivity index (χ2n) is 7.62. The molecule has 0 saturated carbocycles. The van der Waals surface area contributed by atoms with E-state index in [1.165, 1.54) is 16.3 Å². The van der Waals surface area contributed by atoms with Gasteiger partial charge in [0, 0.05) is 30.5 Å². The Kier molecular flexibility index (Phi) is 3.48. The van der Waals surface area contributed by atoms with Crippen LogP contribution in [0, 0.1) is 6.92 Å². The van der Waals surface area contributed by atoms with Crippen molar-refractivity contribution in [2.75, 3.05) is 0 Å². The highest BCUT2D eigenvalue weighted by molar-refractivity contribution is 6.22. The SMILES string of the molecule is [2H]C(C)(C)c1cc[n+](C)c(-c2c(C)c3ccccc3c3c2oc2ncccc23)c1. The fraction of sp³-hybridized carbons (Fsp3) is 0.200. The van der Waals surface area contributed by atoms with E-state index in [0.717, 1.165) is 33.2 Å². The molecule has 0 aliphatic carbocycles. The van der Waals surface area contributed by atoms with Crippen molar-refractivity contribution in [2.45, 2.75) is 26.7 Å². The first-order chi connectivity index (χ1) is 13.9. The van der Waals surface area contributed by atoms with Crippen LogP contribution in [0.1, 0.15) is 32.2 Å². The second kappa shape index (κ2) is 6.16. The lowest BCUT2D eigenvalue weighted by atomic mass is 9.92. The van der Waals surface area contributed by atoms with Gasteiger partial charge in [-0.3, -0.25) is 0 Å². The molecule has 0 fully saturated rings. The standard InChI is InChI=1S/C25H23N2O/c1-15(2)17-11-13-27(4)21(14-17)22-16(3)18-8-5-6-9-19(18)23-20-10-7-12-26-25(20)28-24(22)23/h5-15H,1-4H3/q+1/i15D. The summed E-state index contributed by atoms with van der Waals surface area (Å²) in [5.74, 6) is -0.678. The highest BCUT2D eigenvalue weighted by Crippen LogP contribution is 2.42. The number of hydrogen-bond acceptors (Lipinski definition) is 2. The maximum Gasteiger partial charge on any atom is 0.227 e. The van der Waals surface area contributed by atoms with Crippen LogP contribution in [0.15, 0.2) is 65.3 Å². The molecular weight excluding hydrogens is 344 g/mol. The Morgan fingerprint density at radius 1 is 1.04 bits per heavy atom. The molecule has 138 valence electrons. The van der Waals surface area contributed by atoms with Gasteiger partial charge in [-0.25, -0.2) is 9.55 Å². The van der Waals surface area contributed by atoms with Crippen LogP contribution in [0.4, 0.5) is 0 Å². The number of nitrogens with zero attached hydrogens (tertiary/aromatic N) is 2. The smallest absolute Gasteiger partial charge is 0.227 e. The summed E-state index contributed by atoms with van der Waals surface area (Å²) in [6.45, 7) is 5.98. The van der Waals surface area contributed by atoms with Crippen molar-refractivity contribution in [1.82, 2.24) is 4.98 Å². The zero-order valence-electron chi connectivity index (χ0n) is 17.6. The summed E-state index contributed by atoms with van der Waals surface area (Å²) in [5, 5.41) is 4.51. The third kappa shape index (κ3) is 2.36. The summed E-state index contributed by atoms with van der Waals surface area (Å²) >= 11 is 0. The molecule has 0 saturated heterocycles. The van der Waals surface area contributed by atoms with Crippen molar-refractivity contribution >= 4 is 32.8 Å². The van der Waals surface area contributed by atoms with Crippen molar-refractivity contribution in [3.63, 3.8) is 0 Å². The van der Waals surface area contributed by atoms with Crippen molar-refractivity contribution in [1.29, 1.82) is 0 Å². The first-order valence-electron chi connectivity index (χ1n) is 10.1. The number of fused-ring (bicyclic) bond motifs is 5. The molecular formula is C25H23N2O+. The van der Waals surface area contributed by atoms with Crippen LogP contribution in [0.25, 0.3) is 44.1 Å². The fourth-order valence-electron chi connectivity index (χ4n) is 4.15. The molecule has 2 aromatic carbocycles. The van der Waals surface area contributed by atoms with Crippen LogP contribution in [-0.2, 0) is 7.05 Å². The third-order valence-corrected chi connectivity index (χ3v) is 5.65. The molecule has 0 aliphatic rings. The number of rotatable bonds is 2. The zero-order valence-corrected chi connectivity index (χ0v) is 16.6. The quantitative estimate of drug-likeness (QED) is 0.355. The maximum absolute atomic E-state index is 8.50. The van der Waals surface area contributed by atoms with Gasteiger partial charge >= 0.3 is 0 Å². The van der Waals surface area contributed by atoms with Crippen LogP contribution in [0.5, 0.6) is 0 Å². The van der Waals surface area contributed by atoms with Crippen LogP contribution in [0.3, 0.4) is 0 Å². The van der Waals surface area contributed by atoms with Crippen molar-refractivity contribution in [3.8, 4) is 11.3 Å². The fourth-order valence-corrected chi connectivity index (χ4v) is 4.15. The third-order valence-electron chi connectivity index (χ3n) is 5.65. The Balaban J connectivity index is 2.01. The van der Waals surface area contributed by atoms with Crippen molar-refractivity contribution < 1.29 is 10.4 Å². The van der Waals surface area contributed by atoms with Gasteiger partial charge in [-0.15, -0.1) is 0 Å². The van der Waals surface area contributed by atoms with E-state index in [2.05, 4.69) is 52.9 Å². The average molecular weight is 368 g/mol. The highest BCUT2D eigenvalue weighted by atomic mass is 16.3. The van der Waals surface area contributed by atoms with E-state index in [4.69, 9.17) is 5.79 Å². The van der Waals surface area contributed by atoms with Gasteiger partial charge in [-0.2, -0.15) is 0 Å².